The molecule has 6 fully saturated rings. The zero-order valence-electron chi connectivity index (χ0n) is 62.3. The fourth-order valence-electron chi connectivity index (χ4n) is 17.5. The van der Waals surface area contributed by atoms with Gasteiger partial charge < -0.3 is 44.6 Å². The van der Waals surface area contributed by atoms with Crippen molar-refractivity contribution in [3.8, 4) is 0 Å². The Morgan fingerprint density at radius 2 is 0.596 bits per heavy atom. The molecule has 0 amide bonds. The van der Waals surface area contributed by atoms with Crippen LogP contribution in [0.25, 0.3) is 0 Å². The zero-order chi connectivity index (χ0) is 68.1. The second kappa shape index (κ2) is 33.5. The molecule has 9 N–H and O–H groups in total. The molecule has 2 unspecified atom stereocenters. The van der Waals surface area contributed by atoms with Gasteiger partial charge in [0.15, 0.2) is 0 Å². The van der Waals surface area contributed by atoms with Gasteiger partial charge in [-0.3, -0.25) is 14.7 Å². The summed E-state index contributed by atoms with van der Waals surface area (Å²) in [5.41, 5.74) is -1.01. The summed E-state index contributed by atoms with van der Waals surface area (Å²) >= 11 is 0. The standard InChI is InChI=1S/C14H29NO3.C13H27NO4.2C11H23NO.2C10H21NO.3CH4/c1-13(2)7-12(8-14(3,4)15(13)5)18-10-11(16)9-17-6;1-12(2)6-11(7-13(3,4)14(12)16)18-9-10(15)8-17-5;2*1-9(2)7-11(5,13)8-10(3,4)12(9)6;2*1-8-6-9(2,3)11(12)10(4,5)7-8;;;/h11-12,16H,7-10H2,1-6H3;10-11,15-16H,6-9H2,1-5H3;2*13H,7-8H2,1-6H3;2*8,12H,6-7H2,1-5H3;3*1H4/p+2. The van der Waals surface area contributed by atoms with Gasteiger partial charge in [0.2, 0.25) is 0 Å². The molecule has 0 spiro atoms. The molecular weight excluding hydrogens is 1120 g/mol. The number of rotatable bonds is 10. The van der Waals surface area contributed by atoms with Gasteiger partial charge >= 0.3 is 0 Å². The summed E-state index contributed by atoms with van der Waals surface area (Å²) in [6, 6.07) is 0. The molecule has 6 aliphatic rings. The molecule has 17 nitrogen and oxygen atoms in total. The van der Waals surface area contributed by atoms with Gasteiger partial charge in [0.25, 0.3) is 0 Å². The fraction of sp³-hybridized carbons (Fsp3) is 1.00. The topological polar surface area (TPSA) is 200 Å². The van der Waals surface area contributed by atoms with Crippen LogP contribution in [-0.4, -0.2) is 220 Å². The molecule has 0 bridgehead atoms. The highest BCUT2D eigenvalue weighted by atomic mass is 16.5. The summed E-state index contributed by atoms with van der Waals surface area (Å²) in [5.74, 6) is 1.43. The van der Waals surface area contributed by atoms with Crippen molar-refractivity contribution >= 4 is 0 Å². The van der Waals surface area contributed by atoms with Crippen LogP contribution >= 0.6 is 0 Å². The summed E-state index contributed by atoms with van der Waals surface area (Å²) < 4.78 is 21.4. The van der Waals surface area contributed by atoms with E-state index in [1.807, 2.05) is 41.5 Å². The highest BCUT2D eigenvalue weighted by molar-refractivity contribution is 5.05. The molecule has 0 aromatic rings. The van der Waals surface area contributed by atoms with E-state index in [-0.39, 0.29) is 114 Å². The number of nitrogens with one attached hydrogen (secondary N) is 2. The van der Waals surface area contributed by atoms with Gasteiger partial charge in [-0.25, -0.2) is 10.4 Å². The Morgan fingerprint density at radius 3 is 0.854 bits per heavy atom. The Hall–Kier alpha value is -0.680. The van der Waals surface area contributed by atoms with Crippen LogP contribution < -0.4 is 10.1 Å². The largest absolute Gasteiger partial charge is 0.390 e. The number of likely N-dealkylation sites (tertiary alicyclic amines) is 3. The lowest BCUT2D eigenvalue weighted by molar-refractivity contribution is -1.16. The lowest BCUT2D eigenvalue weighted by Crippen LogP contribution is -3.25. The van der Waals surface area contributed by atoms with E-state index in [4.69, 9.17) is 18.9 Å². The zero-order valence-corrected chi connectivity index (χ0v) is 62.3. The number of hydroxylamine groups is 6. The Bertz CT molecular complexity index is 1770. The molecule has 0 radical (unpaired) electrons. The fourth-order valence-corrected chi connectivity index (χ4v) is 17.5. The molecular formula is C72H158N6O11+2. The number of quaternary nitrogens is 2. The van der Waals surface area contributed by atoms with E-state index in [9.17, 15) is 36.0 Å². The number of hydrogen-bond acceptors (Lipinski definition) is 15. The minimum absolute atomic E-state index is 0. The number of ether oxygens (including phenoxy) is 4. The van der Waals surface area contributed by atoms with Crippen molar-refractivity contribution in [1.29, 1.82) is 0 Å². The maximum atomic E-state index is 10.2. The summed E-state index contributed by atoms with van der Waals surface area (Å²) in [6.45, 7) is 61.3. The van der Waals surface area contributed by atoms with Gasteiger partial charge in [-0.05, 0) is 264 Å². The van der Waals surface area contributed by atoms with E-state index in [0.717, 1.165) is 83.0 Å². The van der Waals surface area contributed by atoms with Crippen molar-refractivity contribution in [2.45, 2.75) is 395 Å². The number of aliphatic hydroxyl groups is 4. The van der Waals surface area contributed by atoms with Crippen molar-refractivity contribution in [3.63, 3.8) is 0 Å². The second-order valence-corrected chi connectivity index (χ2v) is 36.4. The molecule has 89 heavy (non-hydrogen) atoms. The predicted octanol–water partition coefficient (Wildman–Crippen LogP) is 11.5. The number of nitrogens with zero attached hydrogens (tertiary/aromatic N) is 4. The summed E-state index contributed by atoms with van der Waals surface area (Å²) in [7, 11) is 9.62. The molecule has 17 heteroatoms. The molecule has 6 saturated heterocycles. The second-order valence-electron chi connectivity index (χ2n) is 36.4. The minimum Gasteiger partial charge on any atom is -0.390 e. The van der Waals surface area contributed by atoms with E-state index in [1.54, 1.807) is 14.2 Å². The first-order valence-electron chi connectivity index (χ1n) is 32.9. The van der Waals surface area contributed by atoms with E-state index < -0.39 is 23.4 Å². The van der Waals surface area contributed by atoms with Crippen molar-refractivity contribution < 1.29 is 65.1 Å². The SMILES string of the molecule is C.C.C.CC1CC(C)(C)N(O)C(C)(C)C1.CC1CC(C)(C)[NH+](O)C(C)(C)C1.CN1C(C)(C)CC(C)(O)CC1(C)C.CN1C(C)(C)CC(C)(O)CC1(C)C.COCC(O)COC1CC(C)(C)N(C)C(C)(C)C1.COCC(O)COC1CC(C)(C)[NH+](O)C(C)(C)C1. The van der Waals surface area contributed by atoms with E-state index >= 15 is 0 Å². The highest BCUT2D eigenvalue weighted by Crippen LogP contribution is 2.44. The first-order valence-corrected chi connectivity index (χ1v) is 32.9. The molecule has 6 aliphatic heterocycles. The van der Waals surface area contributed by atoms with Crippen LogP contribution in [-0.2, 0) is 18.9 Å². The normalized spacial score (nSPS) is 30.5. The van der Waals surface area contributed by atoms with Crippen LogP contribution in [0.15, 0.2) is 0 Å². The van der Waals surface area contributed by atoms with Gasteiger partial charge in [0.1, 0.15) is 34.4 Å². The molecule has 6 heterocycles. The third kappa shape index (κ3) is 27.8. The Kier molecular flexibility index (Phi) is 34.8. The third-order valence-electron chi connectivity index (χ3n) is 20.5. The number of hydrogen-bond donors (Lipinski definition) is 9. The number of aliphatic hydroxyl groups excluding tert-OH is 2. The quantitative estimate of drug-likeness (QED) is 0.1000. The van der Waals surface area contributed by atoms with Crippen molar-refractivity contribution in [3.05, 3.63) is 0 Å². The summed E-state index contributed by atoms with van der Waals surface area (Å²) in [5, 5.41) is 72.4. The Balaban J connectivity index is -0.000000998. The molecule has 0 aromatic heterocycles. The van der Waals surface area contributed by atoms with Crippen molar-refractivity contribution in [2.75, 3.05) is 61.8 Å². The van der Waals surface area contributed by atoms with Crippen LogP contribution in [0.2, 0.25) is 0 Å². The third-order valence-corrected chi connectivity index (χ3v) is 20.5. The van der Waals surface area contributed by atoms with Crippen LogP contribution in [0.5, 0.6) is 0 Å². The van der Waals surface area contributed by atoms with E-state index in [2.05, 4.69) is 188 Å². The minimum atomic E-state index is -0.583. The van der Waals surface area contributed by atoms with Gasteiger partial charge in [0, 0.05) is 84.2 Å². The molecule has 540 valence electrons. The number of methoxy groups -OCH3 is 2. The molecule has 0 aliphatic carbocycles. The maximum Gasteiger partial charge on any atom is 0.124 e. The van der Waals surface area contributed by atoms with E-state index in [0.29, 0.717) is 29.3 Å². The number of piperidine rings is 6. The van der Waals surface area contributed by atoms with Crippen LogP contribution in [0.3, 0.4) is 0 Å². The Labute approximate surface area is 551 Å². The van der Waals surface area contributed by atoms with Gasteiger partial charge in [-0.15, -0.1) is 0 Å². The van der Waals surface area contributed by atoms with E-state index in [1.165, 1.54) is 5.06 Å². The summed E-state index contributed by atoms with van der Waals surface area (Å²) in [6.07, 6.45) is 10.5. The van der Waals surface area contributed by atoms with Crippen LogP contribution in [0.1, 0.15) is 293 Å². The van der Waals surface area contributed by atoms with Crippen molar-refractivity contribution in [1.82, 2.24) is 19.8 Å². The molecule has 0 saturated carbocycles. The predicted molar refractivity (Wildman–Crippen MR) is 372 cm³/mol. The average Bonchev–Trinajstić information content (AvgIpc) is 1.11. The van der Waals surface area contributed by atoms with Gasteiger partial charge in [0.05, 0.1) is 49.8 Å². The first-order chi connectivity index (χ1) is 38.0. The van der Waals surface area contributed by atoms with Crippen LogP contribution in [0, 0.1) is 11.8 Å². The van der Waals surface area contributed by atoms with Crippen molar-refractivity contribution in [2.24, 2.45) is 11.8 Å². The molecule has 2 atom stereocenters. The monoisotopic (exact) mass is 1280 g/mol. The Morgan fingerprint density at radius 1 is 0.371 bits per heavy atom. The summed E-state index contributed by atoms with van der Waals surface area (Å²) in [4.78, 5) is 7.17. The maximum absolute atomic E-state index is 10.2. The van der Waals surface area contributed by atoms with Crippen LogP contribution in [0.4, 0.5) is 0 Å². The lowest BCUT2D eigenvalue weighted by Gasteiger charge is -2.55. The molecule has 6 rings (SSSR count). The first kappa shape index (κ1) is 92.5. The smallest absolute Gasteiger partial charge is 0.124 e. The highest BCUT2D eigenvalue weighted by Gasteiger charge is 2.52. The van der Waals surface area contributed by atoms with Gasteiger partial charge in [-0.2, -0.15) is 15.2 Å². The molecule has 0 aromatic carbocycles. The lowest BCUT2D eigenvalue weighted by atomic mass is 9.72. The van der Waals surface area contributed by atoms with Gasteiger partial charge in [-0.1, -0.05) is 36.1 Å². The average molecular weight is 1280 g/mol.